The molecule has 1 aliphatic heterocycles. The van der Waals surface area contributed by atoms with Crippen LogP contribution in [0.2, 0.25) is 0 Å². The first-order valence-corrected chi connectivity index (χ1v) is 8.47. The first-order valence-electron chi connectivity index (χ1n) is 8.47. The van der Waals surface area contributed by atoms with Crippen LogP contribution >= 0.6 is 0 Å². The number of carbonyl (C=O) groups is 2. The number of hydrogen-bond donors (Lipinski definition) is 2. The van der Waals surface area contributed by atoms with Gasteiger partial charge in [0, 0.05) is 5.69 Å². The van der Waals surface area contributed by atoms with Crippen molar-refractivity contribution < 1.29 is 19.8 Å². The molecule has 2 aromatic carbocycles. The third-order valence-electron chi connectivity index (χ3n) is 4.63. The van der Waals surface area contributed by atoms with Gasteiger partial charge in [-0.15, -0.1) is 0 Å². The second-order valence-electron chi connectivity index (χ2n) is 6.73. The number of Topliss-reactive ketones (excluding diaryl/α,β-unsaturated/α-hetero) is 1. The van der Waals surface area contributed by atoms with Crippen molar-refractivity contribution in [2.45, 2.75) is 32.7 Å². The molecule has 1 amide bonds. The molecule has 0 saturated carbocycles. The SMILES string of the molecule is CC(=O)C1=C(O)C(=O)N(c2ccc(O)cc2)C1c1ccc(C(C)C)cc1. The van der Waals surface area contributed by atoms with Crippen LogP contribution in [0.1, 0.15) is 43.9 Å². The molecule has 3 rings (SSSR count). The van der Waals surface area contributed by atoms with Crippen molar-refractivity contribution in [2.75, 3.05) is 4.90 Å². The van der Waals surface area contributed by atoms with Crippen LogP contribution < -0.4 is 4.90 Å². The zero-order valence-corrected chi connectivity index (χ0v) is 14.9. The first kappa shape index (κ1) is 17.7. The molecule has 0 saturated heterocycles. The number of carbonyl (C=O) groups excluding carboxylic acids is 2. The van der Waals surface area contributed by atoms with E-state index in [2.05, 4.69) is 13.8 Å². The summed E-state index contributed by atoms with van der Waals surface area (Å²) in [7, 11) is 0. The van der Waals surface area contributed by atoms with Gasteiger partial charge in [-0.2, -0.15) is 0 Å². The molecule has 0 aromatic heterocycles. The summed E-state index contributed by atoms with van der Waals surface area (Å²) in [4.78, 5) is 26.2. The Morgan fingerprint density at radius 1 is 1.00 bits per heavy atom. The number of anilines is 1. The van der Waals surface area contributed by atoms with Gasteiger partial charge in [0.15, 0.2) is 11.5 Å². The van der Waals surface area contributed by atoms with Crippen molar-refractivity contribution in [1.29, 1.82) is 0 Å². The minimum atomic E-state index is -0.703. The normalized spacial score (nSPS) is 17.3. The van der Waals surface area contributed by atoms with Crippen LogP contribution in [0.25, 0.3) is 0 Å². The Bertz CT molecular complexity index is 879. The number of phenolic OH excluding ortho intramolecular Hbond substituents is 1. The molecular formula is C21H21NO4. The van der Waals surface area contributed by atoms with Crippen LogP contribution in [-0.4, -0.2) is 21.9 Å². The number of benzene rings is 2. The second-order valence-corrected chi connectivity index (χ2v) is 6.73. The Morgan fingerprint density at radius 2 is 1.58 bits per heavy atom. The highest BCUT2D eigenvalue weighted by Crippen LogP contribution is 2.41. The van der Waals surface area contributed by atoms with Gasteiger partial charge >= 0.3 is 0 Å². The van der Waals surface area contributed by atoms with Crippen molar-refractivity contribution in [2.24, 2.45) is 0 Å². The minimum Gasteiger partial charge on any atom is -0.508 e. The molecule has 1 aliphatic rings. The van der Waals surface area contributed by atoms with E-state index in [9.17, 15) is 19.8 Å². The quantitative estimate of drug-likeness (QED) is 0.873. The molecular weight excluding hydrogens is 330 g/mol. The molecule has 1 unspecified atom stereocenters. The Labute approximate surface area is 152 Å². The van der Waals surface area contributed by atoms with Gasteiger partial charge in [0.1, 0.15) is 5.75 Å². The predicted octanol–water partition coefficient (Wildman–Crippen LogP) is 4.00. The molecule has 0 spiro atoms. The number of nitrogens with zero attached hydrogens (tertiary/aromatic N) is 1. The van der Waals surface area contributed by atoms with Crippen molar-refractivity contribution in [3.8, 4) is 5.75 Å². The molecule has 26 heavy (non-hydrogen) atoms. The summed E-state index contributed by atoms with van der Waals surface area (Å²) in [5.41, 5.74) is 2.46. The average Bonchev–Trinajstić information content (AvgIpc) is 2.87. The summed E-state index contributed by atoms with van der Waals surface area (Å²) < 4.78 is 0. The van der Waals surface area contributed by atoms with Gasteiger partial charge < -0.3 is 10.2 Å². The standard InChI is InChI=1S/C21H21NO4/c1-12(2)14-4-6-15(7-5-14)19-18(13(3)23)20(25)21(26)22(19)16-8-10-17(24)11-9-16/h4-12,19,24-25H,1-3H3. The fourth-order valence-corrected chi connectivity index (χ4v) is 3.22. The number of ketones is 1. The van der Waals surface area contributed by atoms with E-state index in [0.717, 1.165) is 11.1 Å². The number of aromatic hydroxyl groups is 1. The minimum absolute atomic E-state index is 0.0715. The summed E-state index contributed by atoms with van der Waals surface area (Å²) in [6.45, 7) is 5.52. The molecule has 0 bridgehead atoms. The molecule has 2 aromatic rings. The van der Waals surface area contributed by atoms with Crippen molar-refractivity contribution in [3.05, 3.63) is 71.0 Å². The van der Waals surface area contributed by atoms with E-state index in [4.69, 9.17) is 0 Å². The van der Waals surface area contributed by atoms with Gasteiger partial charge in [0.2, 0.25) is 0 Å². The van der Waals surface area contributed by atoms with E-state index >= 15 is 0 Å². The van der Waals surface area contributed by atoms with Gasteiger partial charge in [-0.3, -0.25) is 14.5 Å². The predicted molar refractivity (Wildman–Crippen MR) is 99.2 cm³/mol. The number of rotatable bonds is 4. The van der Waals surface area contributed by atoms with Crippen LogP contribution in [-0.2, 0) is 9.59 Å². The molecule has 0 fully saturated rings. The van der Waals surface area contributed by atoms with Crippen molar-refractivity contribution in [1.82, 2.24) is 0 Å². The van der Waals surface area contributed by atoms with E-state index in [1.165, 1.54) is 24.0 Å². The fourth-order valence-electron chi connectivity index (χ4n) is 3.22. The summed E-state index contributed by atoms with van der Waals surface area (Å²) in [6.07, 6.45) is 0. The number of aliphatic hydroxyl groups is 1. The maximum Gasteiger partial charge on any atom is 0.294 e. The highest BCUT2D eigenvalue weighted by atomic mass is 16.3. The van der Waals surface area contributed by atoms with Gasteiger partial charge in [0.25, 0.3) is 5.91 Å². The second kappa shape index (κ2) is 6.67. The van der Waals surface area contributed by atoms with Gasteiger partial charge in [-0.1, -0.05) is 38.1 Å². The topological polar surface area (TPSA) is 77.8 Å². The van der Waals surface area contributed by atoms with Crippen LogP contribution in [0.5, 0.6) is 5.75 Å². The number of amides is 1. The maximum atomic E-state index is 12.7. The molecule has 0 aliphatic carbocycles. The fraction of sp³-hybridized carbons (Fsp3) is 0.238. The number of phenols is 1. The summed E-state index contributed by atoms with van der Waals surface area (Å²) in [5.74, 6) is -1.07. The van der Waals surface area contributed by atoms with Crippen LogP contribution in [0.4, 0.5) is 5.69 Å². The number of aliphatic hydroxyl groups excluding tert-OH is 1. The average molecular weight is 351 g/mol. The Kier molecular flexibility index (Phi) is 4.55. The Hall–Kier alpha value is -3.08. The Morgan fingerprint density at radius 3 is 2.08 bits per heavy atom. The molecule has 5 heteroatoms. The summed E-state index contributed by atoms with van der Waals surface area (Å²) >= 11 is 0. The highest BCUT2D eigenvalue weighted by Gasteiger charge is 2.43. The molecule has 0 radical (unpaired) electrons. The number of hydrogen-bond acceptors (Lipinski definition) is 4. The zero-order chi connectivity index (χ0) is 19.0. The van der Waals surface area contributed by atoms with Gasteiger partial charge in [-0.25, -0.2) is 0 Å². The molecule has 5 nitrogen and oxygen atoms in total. The lowest BCUT2D eigenvalue weighted by molar-refractivity contribution is -0.117. The van der Waals surface area contributed by atoms with E-state index in [1.54, 1.807) is 12.1 Å². The highest BCUT2D eigenvalue weighted by molar-refractivity contribution is 6.16. The largest absolute Gasteiger partial charge is 0.508 e. The zero-order valence-electron chi connectivity index (χ0n) is 14.9. The van der Waals surface area contributed by atoms with Crippen molar-refractivity contribution >= 4 is 17.4 Å². The molecule has 1 heterocycles. The molecule has 2 N–H and O–H groups in total. The molecule has 134 valence electrons. The van der Waals surface area contributed by atoms with E-state index in [-0.39, 0.29) is 17.1 Å². The smallest absolute Gasteiger partial charge is 0.294 e. The maximum absolute atomic E-state index is 12.7. The third kappa shape index (κ3) is 2.96. The Balaban J connectivity index is 2.12. The van der Waals surface area contributed by atoms with Crippen LogP contribution in [0.3, 0.4) is 0 Å². The van der Waals surface area contributed by atoms with E-state index in [1.807, 2.05) is 24.3 Å². The van der Waals surface area contributed by atoms with E-state index in [0.29, 0.717) is 11.6 Å². The molecule has 1 atom stereocenters. The summed E-state index contributed by atoms with van der Waals surface area (Å²) in [5, 5.41) is 19.8. The lowest BCUT2D eigenvalue weighted by Gasteiger charge is -2.27. The van der Waals surface area contributed by atoms with Gasteiger partial charge in [0.05, 0.1) is 11.6 Å². The lowest BCUT2D eigenvalue weighted by Crippen LogP contribution is -2.30. The third-order valence-corrected chi connectivity index (χ3v) is 4.63. The van der Waals surface area contributed by atoms with E-state index < -0.39 is 17.7 Å². The lowest BCUT2D eigenvalue weighted by atomic mass is 9.94. The van der Waals surface area contributed by atoms with Crippen molar-refractivity contribution in [3.63, 3.8) is 0 Å². The summed E-state index contributed by atoms with van der Waals surface area (Å²) in [6, 6.07) is 13.1. The first-order chi connectivity index (χ1) is 12.3. The monoisotopic (exact) mass is 351 g/mol. The van der Waals surface area contributed by atoms with Crippen LogP contribution in [0, 0.1) is 0 Å². The van der Waals surface area contributed by atoms with Crippen LogP contribution in [0.15, 0.2) is 59.9 Å². The van der Waals surface area contributed by atoms with Gasteiger partial charge in [-0.05, 0) is 48.2 Å².